The molecule has 1 aliphatic rings. The Bertz CT molecular complexity index is 741. The average Bonchev–Trinajstić information content (AvgIpc) is 2.69. The van der Waals surface area contributed by atoms with E-state index in [4.69, 9.17) is 4.74 Å². The van der Waals surface area contributed by atoms with Gasteiger partial charge in [-0.1, -0.05) is 6.92 Å². The van der Waals surface area contributed by atoms with E-state index in [9.17, 15) is 9.18 Å². The fraction of sp³-hybridized carbons (Fsp3) is 0.381. The van der Waals surface area contributed by atoms with Gasteiger partial charge in [-0.2, -0.15) is 0 Å². The molecule has 3 rings (SSSR count). The number of anilines is 2. The molecule has 1 amide bonds. The number of nitrogens with zero attached hydrogens (tertiary/aromatic N) is 2. The van der Waals surface area contributed by atoms with Crippen molar-refractivity contribution >= 4 is 17.3 Å². The summed E-state index contributed by atoms with van der Waals surface area (Å²) in [5.41, 5.74) is 1.90. The standard InChI is InChI=1S/C21H26FN3O2/c1-3-20(27-19-10-4-16(22)5-11-19)21(26)23-17-6-8-18(9-7-17)25-14-12-24(2)13-15-25/h4-11,20H,3,12-15H2,1-2H3,(H,23,26)/t20-/m0/s1. The second-order valence-corrected chi connectivity index (χ2v) is 6.80. The van der Waals surface area contributed by atoms with Gasteiger partial charge in [0.05, 0.1) is 0 Å². The van der Waals surface area contributed by atoms with Crippen molar-refractivity contribution in [3.05, 3.63) is 54.3 Å². The Kier molecular flexibility index (Phi) is 6.29. The fourth-order valence-electron chi connectivity index (χ4n) is 3.04. The first-order chi connectivity index (χ1) is 13.0. The van der Waals surface area contributed by atoms with E-state index in [0.29, 0.717) is 12.2 Å². The molecule has 1 fully saturated rings. The number of nitrogens with one attached hydrogen (secondary N) is 1. The number of carbonyl (C=O) groups is 1. The number of carbonyl (C=O) groups excluding carboxylic acids is 1. The van der Waals surface area contributed by atoms with Crippen LogP contribution in [0.3, 0.4) is 0 Å². The van der Waals surface area contributed by atoms with Crippen LogP contribution in [0.25, 0.3) is 0 Å². The molecule has 6 heteroatoms. The molecular weight excluding hydrogens is 345 g/mol. The number of likely N-dealkylation sites (N-methyl/N-ethyl adjacent to an activating group) is 1. The quantitative estimate of drug-likeness (QED) is 0.846. The summed E-state index contributed by atoms with van der Waals surface area (Å²) in [6, 6.07) is 13.6. The summed E-state index contributed by atoms with van der Waals surface area (Å²) in [4.78, 5) is 17.2. The van der Waals surface area contributed by atoms with Crippen molar-refractivity contribution in [1.82, 2.24) is 4.90 Å². The van der Waals surface area contributed by atoms with Gasteiger partial charge < -0.3 is 19.9 Å². The first-order valence-corrected chi connectivity index (χ1v) is 9.32. The molecule has 2 aromatic carbocycles. The number of rotatable bonds is 6. The minimum absolute atomic E-state index is 0.214. The fourth-order valence-corrected chi connectivity index (χ4v) is 3.04. The molecule has 144 valence electrons. The molecule has 0 saturated carbocycles. The monoisotopic (exact) mass is 371 g/mol. The van der Waals surface area contributed by atoms with Gasteiger partial charge >= 0.3 is 0 Å². The van der Waals surface area contributed by atoms with E-state index in [0.717, 1.165) is 37.6 Å². The lowest BCUT2D eigenvalue weighted by atomic mass is 10.2. The summed E-state index contributed by atoms with van der Waals surface area (Å²) < 4.78 is 18.7. The number of benzene rings is 2. The molecule has 0 aromatic heterocycles. The van der Waals surface area contributed by atoms with Crippen molar-refractivity contribution in [3.8, 4) is 5.75 Å². The Morgan fingerprint density at radius 1 is 1.07 bits per heavy atom. The molecule has 27 heavy (non-hydrogen) atoms. The summed E-state index contributed by atoms with van der Waals surface area (Å²) in [5.74, 6) is -0.0710. The third-order valence-corrected chi connectivity index (χ3v) is 4.76. The Hall–Kier alpha value is -2.60. The van der Waals surface area contributed by atoms with E-state index >= 15 is 0 Å². The first kappa shape index (κ1) is 19.2. The molecule has 0 radical (unpaired) electrons. The highest BCUT2D eigenvalue weighted by molar-refractivity contribution is 5.94. The van der Waals surface area contributed by atoms with E-state index in [2.05, 4.69) is 22.2 Å². The van der Waals surface area contributed by atoms with Crippen LogP contribution in [-0.4, -0.2) is 50.1 Å². The molecule has 0 bridgehead atoms. The van der Waals surface area contributed by atoms with Crippen LogP contribution in [0.1, 0.15) is 13.3 Å². The maximum atomic E-state index is 13.0. The smallest absolute Gasteiger partial charge is 0.265 e. The van der Waals surface area contributed by atoms with Crippen molar-refractivity contribution in [3.63, 3.8) is 0 Å². The third kappa shape index (κ3) is 5.20. The van der Waals surface area contributed by atoms with E-state index in [-0.39, 0.29) is 11.7 Å². The maximum absolute atomic E-state index is 13.0. The van der Waals surface area contributed by atoms with Gasteiger partial charge in [0, 0.05) is 37.6 Å². The maximum Gasteiger partial charge on any atom is 0.265 e. The predicted octanol–water partition coefficient (Wildman–Crippen LogP) is 3.37. The number of piperazine rings is 1. The van der Waals surface area contributed by atoms with Crippen LogP contribution in [0.2, 0.25) is 0 Å². The molecule has 1 aliphatic heterocycles. The molecule has 5 nitrogen and oxygen atoms in total. The second kappa shape index (κ2) is 8.86. The average molecular weight is 371 g/mol. The first-order valence-electron chi connectivity index (χ1n) is 9.32. The summed E-state index contributed by atoms with van der Waals surface area (Å²) in [5, 5.41) is 2.90. The van der Waals surface area contributed by atoms with Gasteiger partial charge in [-0.05, 0) is 62.0 Å². The van der Waals surface area contributed by atoms with Gasteiger partial charge in [-0.25, -0.2) is 4.39 Å². The normalized spacial score (nSPS) is 16.0. The molecular formula is C21H26FN3O2. The van der Waals surface area contributed by atoms with Crippen molar-refractivity contribution in [1.29, 1.82) is 0 Å². The molecule has 1 heterocycles. The van der Waals surface area contributed by atoms with Gasteiger partial charge in [0.25, 0.3) is 5.91 Å². The zero-order valence-corrected chi connectivity index (χ0v) is 15.8. The zero-order chi connectivity index (χ0) is 19.2. The number of amides is 1. The Morgan fingerprint density at radius 2 is 1.70 bits per heavy atom. The zero-order valence-electron chi connectivity index (χ0n) is 15.8. The predicted molar refractivity (Wildman–Crippen MR) is 106 cm³/mol. The lowest BCUT2D eigenvalue weighted by Crippen LogP contribution is -2.44. The Labute approximate surface area is 159 Å². The lowest BCUT2D eigenvalue weighted by molar-refractivity contribution is -0.122. The third-order valence-electron chi connectivity index (χ3n) is 4.76. The van der Waals surface area contributed by atoms with Gasteiger partial charge in [0.2, 0.25) is 0 Å². The van der Waals surface area contributed by atoms with Crippen molar-refractivity contribution in [2.45, 2.75) is 19.4 Å². The topological polar surface area (TPSA) is 44.8 Å². The molecule has 2 aromatic rings. The summed E-state index contributed by atoms with van der Waals surface area (Å²) in [6.45, 7) is 6.00. The highest BCUT2D eigenvalue weighted by Gasteiger charge is 2.19. The molecule has 0 unspecified atom stereocenters. The molecule has 0 aliphatic carbocycles. The lowest BCUT2D eigenvalue weighted by Gasteiger charge is -2.34. The Morgan fingerprint density at radius 3 is 2.30 bits per heavy atom. The van der Waals surface area contributed by atoms with Crippen LogP contribution in [0.5, 0.6) is 5.75 Å². The van der Waals surface area contributed by atoms with E-state index in [1.54, 1.807) is 0 Å². The SMILES string of the molecule is CC[C@H](Oc1ccc(F)cc1)C(=O)Nc1ccc(N2CCN(C)CC2)cc1. The highest BCUT2D eigenvalue weighted by atomic mass is 19.1. The van der Waals surface area contributed by atoms with Gasteiger partial charge in [-0.3, -0.25) is 4.79 Å². The number of halogens is 1. The highest BCUT2D eigenvalue weighted by Crippen LogP contribution is 2.20. The van der Waals surface area contributed by atoms with E-state index in [1.807, 2.05) is 31.2 Å². The van der Waals surface area contributed by atoms with Crippen molar-refractivity contribution < 1.29 is 13.9 Å². The number of ether oxygens (including phenoxy) is 1. The minimum Gasteiger partial charge on any atom is -0.481 e. The number of hydrogen-bond donors (Lipinski definition) is 1. The van der Waals surface area contributed by atoms with E-state index < -0.39 is 6.10 Å². The van der Waals surface area contributed by atoms with Crippen LogP contribution in [0.4, 0.5) is 15.8 Å². The Balaban J connectivity index is 1.58. The van der Waals surface area contributed by atoms with Crippen molar-refractivity contribution in [2.75, 3.05) is 43.4 Å². The molecule has 1 atom stereocenters. The van der Waals surface area contributed by atoms with Gasteiger partial charge in [-0.15, -0.1) is 0 Å². The number of hydrogen-bond acceptors (Lipinski definition) is 4. The van der Waals surface area contributed by atoms with Crippen molar-refractivity contribution in [2.24, 2.45) is 0 Å². The van der Waals surface area contributed by atoms with Crippen LogP contribution in [0, 0.1) is 5.82 Å². The van der Waals surface area contributed by atoms with Crippen LogP contribution in [0.15, 0.2) is 48.5 Å². The molecule has 1 N–H and O–H groups in total. The van der Waals surface area contributed by atoms with Crippen LogP contribution < -0.4 is 15.0 Å². The van der Waals surface area contributed by atoms with Gasteiger partial charge in [0.15, 0.2) is 6.10 Å². The minimum atomic E-state index is -0.632. The van der Waals surface area contributed by atoms with Gasteiger partial charge in [0.1, 0.15) is 11.6 Å². The summed E-state index contributed by atoms with van der Waals surface area (Å²) in [7, 11) is 2.13. The van der Waals surface area contributed by atoms with Crippen LogP contribution >= 0.6 is 0 Å². The second-order valence-electron chi connectivity index (χ2n) is 6.80. The van der Waals surface area contributed by atoms with E-state index in [1.165, 1.54) is 24.3 Å². The molecule has 1 saturated heterocycles. The molecule has 0 spiro atoms. The summed E-state index contributed by atoms with van der Waals surface area (Å²) >= 11 is 0. The largest absolute Gasteiger partial charge is 0.481 e. The summed E-state index contributed by atoms with van der Waals surface area (Å²) in [6.07, 6.45) is -0.115. The van der Waals surface area contributed by atoms with Crippen LogP contribution in [-0.2, 0) is 4.79 Å².